The molecule has 0 aliphatic rings. The largest absolute Gasteiger partial charge is 0.379 e. The Morgan fingerprint density at radius 3 is 1.40 bits per heavy atom. The van der Waals surface area contributed by atoms with E-state index in [0.717, 1.165) is 51.9 Å². The van der Waals surface area contributed by atoms with Crippen LogP contribution in [-0.2, 0) is 42.7 Å². The third kappa shape index (κ3) is 50.6. The summed E-state index contributed by atoms with van der Waals surface area (Å²) in [6.45, 7) is 14.0. The van der Waals surface area contributed by atoms with Gasteiger partial charge in [-0.25, -0.2) is 0 Å². The molecule has 0 fully saturated rings. The van der Waals surface area contributed by atoms with Gasteiger partial charge in [-0.3, -0.25) is 4.79 Å². The zero-order chi connectivity index (χ0) is 26.5. The number of rotatable bonds is 26. The van der Waals surface area contributed by atoms with Crippen LogP contribution in [-0.4, -0.2) is 119 Å². The van der Waals surface area contributed by atoms with E-state index in [4.69, 9.17) is 38.0 Å². The lowest BCUT2D eigenvalue weighted by atomic mass is 10.4. The molecule has 0 saturated heterocycles. The molecule has 11 heteroatoms. The van der Waals surface area contributed by atoms with Crippen LogP contribution in [0.5, 0.6) is 0 Å². The summed E-state index contributed by atoms with van der Waals surface area (Å²) in [7, 11) is 1.91. The van der Waals surface area contributed by atoms with Gasteiger partial charge in [-0.1, -0.05) is 20.3 Å². The maximum absolute atomic E-state index is 9.73. The van der Waals surface area contributed by atoms with Gasteiger partial charge in [0.25, 0.3) is 0 Å². The Morgan fingerprint density at radius 1 is 0.571 bits per heavy atom. The Balaban J connectivity index is -0.000000652. The molecule has 35 heavy (non-hydrogen) atoms. The van der Waals surface area contributed by atoms with E-state index in [9.17, 15) is 4.79 Å². The van der Waals surface area contributed by atoms with Gasteiger partial charge in [0, 0.05) is 33.0 Å². The van der Waals surface area contributed by atoms with Gasteiger partial charge in [-0.2, -0.15) is 0 Å². The molecule has 0 aliphatic carbocycles. The second kappa shape index (κ2) is 42.9. The van der Waals surface area contributed by atoms with Crippen molar-refractivity contribution in [3.63, 3.8) is 0 Å². The topological polar surface area (TPSA) is 137 Å². The number of ether oxygens (including phenoxy) is 7. The molecule has 0 bridgehead atoms. The summed E-state index contributed by atoms with van der Waals surface area (Å²) >= 11 is 0. The first-order chi connectivity index (χ1) is 17.2. The van der Waals surface area contributed by atoms with Crippen molar-refractivity contribution in [3.05, 3.63) is 0 Å². The van der Waals surface area contributed by atoms with E-state index in [1.54, 1.807) is 0 Å². The van der Waals surface area contributed by atoms with E-state index < -0.39 is 0 Å². The highest BCUT2D eigenvalue weighted by Crippen LogP contribution is 1.89. The first-order valence-electron chi connectivity index (χ1n) is 12.5. The standard InChI is InChI=1S/C16H35NO5.C7H14O3.CH3NO/c1-3-4-7-18-12-15-22-16-13-20-9-5-8-19-11-14-21-10-6-17-2;1-2-4-9-6-7-10-5-3-8;2-1-3/h17H,3-16H2,1-2H3;3H,2,4-7H2,1H3;1H,(H2,2,3). The van der Waals surface area contributed by atoms with Crippen molar-refractivity contribution in [2.45, 2.75) is 39.5 Å². The number of carbonyl (C=O) groups is 2. The average molecular weight is 513 g/mol. The third-order valence-corrected chi connectivity index (χ3v) is 3.74. The molecule has 0 radical (unpaired) electrons. The molecular weight excluding hydrogens is 460 g/mol. The van der Waals surface area contributed by atoms with Crippen LogP contribution in [0.4, 0.5) is 0 Å². The van der Waals surface area contributed by atoms with Crippen molar-refractivity contribution < 1.29 is 42.7 Å². The second-order valence-corrected chi connectivity index (χ2v) is 6.86. The molecular formula is C24H52N2O9. The van der Waals surface area contributed by atoms with E-state index in [2.05, 4.69) is 18.0 Å². The Hall–Kier alpha value is -1.18. The highest BCUT2D eigenvalue weighted by atomic mass is 16.5. The normalized spacial score (nSPS) is 10.1. The van der Waals surface area contributed by atoms with Gasteiger partial charge in [0.1, 0.15) is 12.9 Å². The maximum Gasteiger partial charge on any atom is 0.204 e. The van der Waals surface area contributed by atoms with Crippen LogP contribution < -0.4 is 11.1 Å². The number of aldehydes is 1. The predicted molar refractivity (Wildman–Crippen MR) is 136 cm³/mol. The Kier molecular flexibility index (Phi) is 47.0. The molecule has 0 aromatic carbocycles. The summed E-state index contributed by atoms with van der Waals surface area (Å²) in [5.41, 5.74) is 4.17. The molecule has 1 amide bonds. The SMILES string of the molecule is CCCCOCCOCCOCCCOCCOCCNC.CCCOCCOCC=O.NC=O. The number of carbonyl (C=O) groups excluding carboxylic acids is 2. The molecule has 0 saturated carbocycles. The quantitative estimate of drug-likeness (QED) is 0.128. The van der Waals surface area contributed by atoms with E-state index >= 15 is 0 Å². The molecule has 0 spiro atoms. The summed E-state index contributed by atoms with van der Waals surface area (Å²) in [5, 5.41) is 3.02. The molecule has 0 rings (SSSR count). The number of hydrogen-bond acceptors (Lipinski definition) is 10. The first-order valence-corrected chi connectivity index (χ1v) is 12.5. The van der Waals surface area contributed by atoms with Crippen molar-refractivity contribution in [2.75, 3.05) is 106 Å². The van der Waals surface area contributed by atoms with Gasteiger partial charge < -0.3 is 49.0 Å². The molecule has 3 N–H and O–H groups in total. The summed E-state index contributed by atoms with van der Waals surface area (Å²) in [6.07, 6.45) is 5.19. The number of primary amides is 1. The number of amides is 1. The van der Waals surface area contributed by atoms with Crippen LogP contribution in [0.3, 0.4) is 0 Å². The van der Waals surface area contributed by atoms with Gasteiger partial charge >= 0.3 is 0 Å². The lowest BCUT2D eigenvalue weighted by Gasteiger charge is -2.07. The zero-order valence-corrected chi connectivity index (χ0v) is 22.3. The van der Waals surface area contributed by atoms with Crippen molar-refractivity contribution in [2.24, 2.45) is 5.73 Å². The summed E-state index contributed by atoms with van der Waals surface area (Å²) in [4.78, 5) is 18.3. The second-order valence-electron chi connectivity index (χ2n) is 6.86. The fourth-order valence-corrected chi connectivity index (χ4v) is 2.04. The highest BCUT2D eigenvalue weighted by molar-refractivity contribution is 5.50. The maximum atomic E-state index is 9.73. The van der Waals surface area contributed by atoms with Crippen molar-refractivity contribution in [1.29, 1.82) is 0 Å². The lowest BCUT2D eigenvalue weighted by molar-refractivity contribution is -0.112. The van der Waals surface area contributed by atoms with Gasteiger partial charge in [-0.15, -0.1) is 0 Å². The Morgan fingerprint density at radius 2 is 0.971 bits per heavy atom. The number of likely N-dealkylation sites (N-methyl/N-ethyl adjacent to an activating group) is 1. The van der Waals surface area contributed by atoms with Gasteiger partial charge in [0.15, 0.2) is 0 Å². The fraction of sp³-hybridized carbons (Fsp3) is 0.917. The predicted octanol–water partition coefficient (Wildman–Crippen LogP) is 1.21. The van der Waals surface area contributed by atoms with Crippen LogP contribution >= 0.6 is 0 Å². The number of unbranched alkanes of at least 4 members (excludes halogenated alkanes) is 1. The van der Waals surface area contributed by atoms with Crippen molar-refractivity contribution in [3.8, 4) is 0 Å². The smallest absolute Gasteiger partial charge is 0.204 e. The molecule has 0 aromatic rings. The minimum absolute atomic E-state index is 0.176. The Bertz CT molecular complexity index is 348. The number of nitrogens with two attached hydrogens (primary N) is 1. The molecule has 0 unspecified atom stereocenters. The molecule has 0 aliphatic heterocycles. The average Bonchev–Trinajstić information content (AvgIpc) is 2.86. The summed E-state index contributed by atoms with van der Waals surface area (Å²) in [6, 6.07) is 0. The van der Waals surface area contributed by atoms with Crippen LogP contribution in [0.15, 0.2) is 0 Å². The molecule has 0 aromatic heterocycles. The van der Waals surface area contributed by atoms with Gasteiger partial charge in [0.2, 0.25) is 6.41 Å². The van der Waals surface area contributed by atoms with E-state index in [1.165, 1.54) is 6.42 Å². The van der Waals surface area contributed by atoms with Crippen LogP contribution in [0.25, 0.3) is 0 Å². The highest BCUT2D eigenvalue weighted by Gasteiger charge is 1.93. The number of hydrogen-bond donors (Lipinski definition) is 2. The molecule has 212 valence electrons. The molecule has 11 nitrogen and oxygen atoms in total. The van der Waals surface area contributed by atoms with E-state index in [0.29, 0.717) is 66.1 Å². The van der Waals surface area contributed by atoms with Crippen LogP contribution in [0, 0.1) is 0 Å². The van der Waals surface area contributed by atoms with Gasteiger partial charge in [-0.05, 0) is 26.3 Å². The minimum Gasteiger partial charge on any atom is -0.379 e. The fourth-order valence-electron chi connectivity index (χ4n) is 2.04. The third-order valence-electron chi connectivity index (χ3n) is 3.74. The van der Waals surface area contributed by atoms with Crippen LogP contribution in [0.1, 0.15) is 39.5 Å². The van der Waals surface area contributed by atoms with Crippen molar-refractivity contribution >= 4 is 12.7 Å². The minimum atomic E-state index is 0.176. The summed E-state index contributed by atoms with van der Waals surface area (Å²) < 4.78 is 36.9. The van der Waals surface area contributed by atoms with E-state index in [1.807, 2.05) is 14.0 Å². The molecule has 0 heterocycles. The number of nitrogens with one attached hydrogen (secondary N) is 1. The van der Waals surface area contributed by atoms with Gasteiger partial charge in [0.05, 0.1) is 59.5 Å². The zero-order valence-electron chi connectivity index (χ0n) is 22.3. The van der Waals surface area contributed by atoms with Crippen LogP contribution in [0.2, 0.25) is 0 Å². The van der Waals surface area contributed by atoms with Crippen molar-refractivity contribution in [1.82, 2.24) is 5.32 Å². The Labute approximate surface area is 212 Å². The first kappa shape index (κ1) is 38.4. The molecule has 0 atom stereocenters. The summed E-state index contributed by atoms with van der Waals surface area (Å²) in [5.74, 6) is 0. The monoisotopic (exact) mass is 512 g/mol. The van der Waals surface area contributed by atoms with E-state index in [-0.39, 0.29) is 13.0 Å². The lowest BCUT2D eigenvalue weighted by Crippen LogP contribution is -2.16.